The number of benzene rings is 1. The largest absolute Gasteiger partial charge is 0.366 e. The third-order valence-electron chi connectivity index (χ3n) is 5.57. The Morgan fingerprint density at radius 3 is 2.56 bits per heavy atom. The van der Waals surface area contributed by atoms with E-state index in [1.54, 1.807) is 21.7 Å². The Morgan fingerprint density at radius 1 is 1.09 bits per heavy atom. The van der Waals surface area contributed by atoms with Crippen LogP contribution in [0.4, 0.5) is 5.69 Å². The highest BCUT2D eigenvalue weighted by Gasteiger charge is 2.34. The number of carbonyl (C=O) groups is 3. The second-order valence-electron chi connectivity index (χ2n) is 7.92. The number of nitrogens with zero attached hydrogens (tertiary/aromatic N) is 3. The number of carbonyl (C=O) groups excluding carboxylic acids is 3. The number of rotatable bonds is 4. The van der Waals surface area contributed by atoms with Crippen LogP contribution in [0.15, 0.2) is 54.4 Å². The zero-order valence-electron chi connectivity index (χ0n) is 17.5. The molecule has 9 heteroatoms. The summed E-state index contributed by atoms with van der Waals surface area (Å²) in [5.74, 6) is -1.75. The summed E-state index contributed by atoms with van der Waals surface area (Å²) >= 11 is 1.57. The smallest absolute Gasteiger partial charge is 0.313 e. The minimum absolute atomic E-state index is 0.153. The standard InChI is InChI=1S/C23H23N5O3S/c1-14-2-7-19(15-3-5-16(6-4-15)20-11-26-13-32-20)28(12-14)23(31)22(30)27-18-8-17(21(24)29)9-25-10-18/h3-6,8-11,13-14,19H,2,7,12H2,1H3,(H2,24,29)(H,27,30)/t14-,19+/m0/s1. The van der Waals surface area contributed by atoms with E-state index in [-0.39, 0.29) is 17.3 Å². The summed E-state index contributed by atoms with van der Waals surface area (Å²) in [7, 11) is 0. The molecule has 0 saturated carbocycles. The Morgan fingerprint density at radius 2 is 1.88 bits per heavy atom. The van der Waals surface area contributed by atoms with Gasteiger partial charge >= 0.3 is 11.8 Å². The number of likely N-dealkylation sites (tertiary alicyclic amines) is 1. The van der Waals surface area contributed by atoms with E-state index in [0.29, 0.717) is 12.5 Å². The monoisotopic (exact) mass is 449 g/mol. The molecule has 0 radical (unpaired) electrons. The van der Waals surface area contributed by atoms with Gasteiger partial charge in [-0.05, 0) is 36.0 Å². The molecule has 4 rings (SSSR count). The van der Waals surface area contributed by atoms with Gasteiger partial charge in [-0.1, -0.05) is 31.2 Å². The van der Waals surface area contributed by atoms with Gasteiger partial charge in [0.15, 0.2) is 0 Å². The SMILES string of the molecule is C[C@H]1CC[C@H](c2ccc(-c3cncs3)cc2)N(C(=O)C(=O)Nc2cncc(C(N)=O)c2)C1. The maximum Gasteiger partial charge on any atom is 0.313 e. The summed E-state index contributed by atoms with van der Waals surface area (Å²) in [6.07, 6.45) is 6.24. The van der Waals surface area contributed by atoms with Crippen LogP contribution in [0.25, 0.3) is 10.4 Å². The van der Waals surface area contributed by atoms with Crippen molar-refractivity contribution in [1.29, 1.82) is 0 Å². The number of pyridine rings is 1. The van der Waals surface area contributed by atoms with Crippen LogP contribution in [0.1, 0.15) is 41.7 Å². The first kappa shape index (κ1) is 21.6. The molecule has 0 unspecified atom stereocenters. The first-order valence-corrected chi connectivity index (χ1v) is 11.2. The van der Waals surface area contributed by atoms with Crippen LogP contribution < -0.4 is 11.1 Å². The molecule has 2 atom stereocenters. The highest BCUT2D eigenvalue weighted by molar-refractivity contribution is 7.13. The maximum absolute atomic E-state index is 13.1. The molecule has 3 heterocycles. The van der Waals surface area contributed by atoms with Gasteiger partial charge in [0, 0.05) is 18.9 Å². The number of primary amides is 1. The number of hydrogen-bond donors (Lipinski definition) is 2. The van der Waals surface area contributed by atoms with Gasteiger partial charge in [-0.3, -0.25) is 24.4 Å². The summed E-state index contributed by atoms with van der Waals surface area (Å²) in [5, 5.41) is 2.54. The zero-order valence-corrected chi connectivity index (χ0v) is 18.3. The molecule has 1 aromatic carbocycles. The lowest BCUT2D eigenvalue weighted by atomic mass is 9.89. The van der Waals surface area contributed by atoms with Crippen LogP contribution in [-0.4, -0.2) is 39.1 Å². The summed E-state index contributed by atoms with van der Waals surface area (Å²) in [5.41, 5.74) is 9.51. The molecule has 3 amide bonds. The van der Waals surface area contributed by atoms with E-state index in [1.807, 2.05) is 30.5 Å². The van der Waals surface area contributed by atoms with E-state index in [2.05, 4.69) is 22.2 Å². The molecular weight excluding hydrogens is 426 g/mol. The fraction of sp³-hybridized carbons (Fsp3) is 0.261. The Kier molecular flexibility index (Phi) is 6.27. The summed E-state index contributed by atoms with van der Waals surface area (Å²) in [6, 6.07) is 9.27. The van der Waals surface area contributed by atoms with Crippen molar-refractivity contribution >= 4 is 34.7 Å². The summed E-state index contributed by atoms with van der Waals surface area (Å²) < 4.78 is 0. The minimum atomic E-state index is -0.770. The quantitative estimate of drug-likeness (QED) is 0.593. The van der Waals surface area contributed by atoms with E-state index >= 15 is 0 Å². The van der Waals surface area contributed by atoms with Crippen molar-refractivity contribution in [2.75, 3.05) is 11.9 Å². The van der Waals surface area contributed by atoms with E-state index in [1.165, 1.54) is 18.5 Å². The Labute approximate surface area is 189 Å². The van der Waals surface area contributed by atoms with Gasteiger partial charge in [0.25, 0.3) is 0 Å². The molecule has 3 N–H and O–H groups in total. The van der Waals surface area contributed by atoms with Gasteiger partial charge in [-0.25, -0.2) is 0 Å². The molecule has 1 saturated heterocycles. The lowest BCUT2D eigenvalue weighted by Crippen LogP contribution is -2.46. The number of piperidine rings is 1. The van der Waals surface area contributed by atoms with Crippen molar-refractivity contribution in [1.82, 2.24) is 14.9 Å². The highest BCUT2D eigenvalue weighted by atomic mass is 32.1. The van der Waals surface area contributed by atoms with Crippen LogP contribution in [0.5, 0.6) is 0 Å². The van der Waals surface area contributed by atoms with Crippen molar-refractivity contribution in [3.8, 4) is 10.4 Å². The second-order valence-corrected chi connectivity index (χ2v) is 8.81. The van der Waals surface area contributed by atoms with Gasteiger partial charge in [-0.2, -0.15) is 0 Å². The Balaban J connectivity index is 1.52. The number of amides is 3. The molecule has 32 heavy (non-hydrogen) atoms. The highest BCUT2D eigenvalue weighted by Crippen LogP contribution is 2.35. The normalized spacial score (nSPS) is 18.2. The van der Waals surface area contributed by atoms with Crippen LogP contribution >= 0.6 is 11.3 Å². The number of thiazole rings is 1. The molecule has 1 fully saturated rings. The van der Waals surface area contributed by atoms with Gasteiger partial charge < -0.3 is 16.0 Å². The van der Waals surface area contributed by atoms with Gasteiger partial charge in [-0.15, -0.1) is 11.3 Å². The van der Waals surface area contributed by atoms with E-state index < -0.39 is 17.7 Å². The van der Waals surface area contributed by atoms with Gasteiger partial charge in [0.1, 0.15) is 0 Å². The topological polar surface area (TPSA) is 118 Å². The van der Waals surface area contributed by atoms with E-state index in [0.717, 1.165) is 28.8 Å². The van der Waals surface area contributed by atoms with Gasteiger partial charge in [0.05, 0.1) is 33.9 Å². The van der Waals surface area contributed by atoms with Crippen molar-refractivity contribution in [2.45, 2.75) is 25.8 Å². The van der Waals surface area contributed by atoms with Crippen LogP contribution in [0.3, 0.4) is 0 Å². The lowest BCUT2D eigenvalue weighted by Gasteiger charge is -2.38. The van der Waals surface area contributed by atoms with Crippen LogP contribution in [0.2, 0.25) is 0 Å². The molecule has 0 bridgehead atoms. The number of hydrogen-bond acceptors (Lipinski definition) is 6. The fourth-order valence-electron chi connectivity index (χ4n) is 3.91. The predicted molar refractivity (Wildman–Crippen MR) is 122 cm³/mol. The number of anilines is 1. The maximum atomic E-state index is 13.1. The number of aromatic nitrogens is 2. The van der Waals surface area contributed by atoms with Crippen molar-refractivity contribution < 1.29 is 14.4 Å². The molecule has 2 aromatic heterocycles. The molecule has 1 aliphatic heterocycles. The minimum Gasteiger partial charge on any atom is -0.366 e. The van der Waals surface area contributed by atoms with E-state index in [4.69, 9.17) is 5.73 Å². The molecule has 0 aliphatic carbocycles. The predicted octanol–water partition coefficient (Wildman–Crippen LogP) is 3.24. The van der Waals surface area contributed by atoms with E-state index in [9.17, 15) is 14.4 Å². The Hall–Kier alpha value is -3.59. The average molecular weight is 450 g/mol. The van der Waals surface area contributed by atoms with Crippen molar-refractivity contribution in [3.05, 3.63) is 65.6 Å². The molecule has 1 aliphatic rings. The first-order chi connectivity index (χ1) is 15.4. The summed E-state index contributed by atoms with van der Waals surface area (Å²) in [4.78, 5) is 47.9. The molecule has 0 spiro atoms. The Bertz CT molecular complexity index is 1130. The van der Waals surface area contributed by atoms with Crippen molar-refractivity contribution in [3.63, 3.8) is 0 Å². The number of nitrogens with two attached hydrogens (primary N) is 1. The fourth-order valence-corrected chi connectivity index (χ4v) is 4.54. The lowest BCUT2D eigenvalue weighted by molar-refractivity contribution is -0.146. The third kappa shape index (κ3) is 4.67. The first-order valence-electron chi connectivity index (χ1n) is 10.3. The molecule has 8 nitrogen and oxygen atoms in total. The average Bonchev–Trinajstić information content (AvgIpc) is 3.34. The molecule has 164 valence electrons. The summed E-state index contributed by atoms with van der Waals surface area (Å²) in [6.45, 7) is 2.56. The zero-order chi connectivity index (χ0) is 22.7. The van der Waals surface area contributed by atoms with Crippen LogP contribution in [-0.2, 0) is 9.59 Å². The second kappa shape index (κ2) is 9.27. The van der Waals surface area contributed by atoms with Crippen LogP contribution in [0, 0.1) is 5.92 Å². The third-order valence-corrected chi connectivity index (χ3v) is 6.39. The molecular formula is C23H23N5O3S. The number of nitrogens with one attached hydrogen (secondary N) is 1. The van der Waals surface area contributed by atoms with Gasteiger partial charge in [0.2, 0.25) is 5.91 Å². The molecule has 3 aromatic rings. The van der Waals surface area contributed by atoms with Crippen molar-refractivity contribution in [2.24, 2.45) is 11.7 Å².